The average Bonchev–Trinajstić information content (AvgIpc) is 2.03. The first kappa shape index (κ1) is 9.82. The molecule has 13 heavy (non-hydrogen) atoms. The summed E-state index contributed by atoms with van der Waals surface area (Å²) in [6, 6.07) is 7.56. The molecular weight excluding hydrogens is 230 g/mol. The Morgan fingerprint density at radius 2 is 2.31 bits per heavy atom. The van der Waals surface area contributed by atoms with Crippen molar-refractivity contribution in [2.75, 3.05) is 0 Å². The molecule has 0 aliphatic heterocycles. The van der Waals surface area contributed by atoms with Crippen LogP contribution >= 0.6 is 15.9 Å². The number of hydrogen-bond donors (Lipinski definition) is 1. The minimum Gasteiger partial charge on any atom is -0.369 e. The Kier molecular flexibility index (Phi) is 3.53. The summed E-state index contributed by atoms with van der Waals surface area (Å²) in [5, 5.41) is 0. The van der Waals surface area contributed by atoms with Crippen molar-refractivity contribution in [2.45, 2.75) is 6.42 Å². The first-order valence-electron chi connectivity index (χ1n) is 3.71. The molecule has 0 spiro atoms. The molecule has 66 valence electrons. The van der Waals surface area contributed by atoms with Gasteiger partial charge in [0.15, 0.2) is 0 Å². The fraction of sp³-hybridized carbons (Fsp3) is 0.100. The second-order valence-corrected chi connectivity index (χ2v) is 3.37. The minimum absolute atomic E-state index is 0.104. The standard InChI is InChI=1S/C10H8BrNO/c11-9-5-1-3-8(7-9)4-2-6-10(12)13/h1,3,5,7H,6H2,(H2,12,13). The summed E-state index contributed by atoms with van der Waals surface area (Å²) >= 11 is 3.32. The normalized spacial score (nSPS) is 8.69. The molecule has 0 heterocycles. The van der Waals surface area contributed by atoms with E-state index in [2.05, 4.69) is 27.8 Å². The first-order chi connectivity index (χ1) is 6.18. The van der Waals surface area contributed by atoms with Gasteiger partial charge in [0.05, 0.1) is 6.42 Å². The number of amides is 1. The van der Waals surface area contributed by atoms with E-state index < -0.39 is 5.91 Å². The van der Waals surface area contributed by atoms with E-state index in [4.69, 9.17) is 5.73 Å². The molecule has 0 bridgehead atoms. The van der Waals surface area contributed by atoms with Crippen LogP contribution < -0.4 is 5.73 Å². The number of primary amides is 1. The molecule has 0 radical (unpaired) electrons. The number of carbonyl (C=O) groups is 1. The van der Waals surface area contributed by atoms with Crippen molar-refractivity contribution >= 4 is 21.8 Å². The Bertz CT molecular complexity index is 376. The zero-order valence-corrected chi connectivity index (χ0v) is 8.47. The topological polar surface area (TPSA) is 43.1 Å². The lowest BCUT2D eigenvalue weighted by Crippen LogP contribution is -2.08. The third-order valence-corrected chi connectivity index (χ3v) is 1.81. The van der Waals surface area contributed by atoms with Gasteiger partial charge >= 0.3 is 0 Å². The molecular formula is C10H8BrNO. The van der Waals surface area contributed by atoms with Crippen molar-refractivity contribution in [3.05, 3.63) is 34.3 Å². The summed E-state index contributed by atoms with van der Waals surface area (Å²) in [5.41, 5.74) is 5.81. The van der Waals surface area contributed by atoms with Gasteiger partial charge in [0.25, 0.3) is 0 Å². The van der Waals surface area contributed by atoms with E-state index in [0.29, 0.717) is 0 Å². The number of halogens is 1. The summed E-state index contributed by atoms with van der Waals surface area (Å²) in [6.07, 6.45) is 0.104. The van der Waals surface area contributed by atoms with Gasteiger partial charge in [-0.2, -0.15) is 0 Å². The predicted molar refractivity (Wildman–Crippen MR) is 54.8 cm³/mol. The van der Waals surface area contributed by atoms with Crippen molar-refractivity contribution in [3.8, 4) is 11.8 Å². The number of hydrogen-bond acceptors (Lipinski definition) is 1. The smallest absolute Gasteiger partial charge is 0.229 e. The number of benzene rings is 1. The van der Waals surface area contributed by atoms with Gasteiger partial charge in [0, 0.05) is 10.0 Å². The third-order valence-electron chi connectivity index (χ3n) is 1.32. The van der Waals surface area contributed by atoms with E-state index in [1.54, 1.807) is 0 Å². The molecule has 1 rings (SSSR count). The molecule has 0 atom stereocenters. The second kappa shape index (κ2) is 4.68. The zero-order chi connectivity index (χ0) is 9.68. The van der Waals surface area contributed by atoms with Crippen LogP contribution in [-0.4, -0.2) is 5.91 Å². The van der Waals surface area contributed by atoms with Crippen molar-refractivity contribution in [3.63, 3.8) is 0 Å². The van der Waals surface area contributed by atoms with Crippen molar-refractivity contribution in [2.24, 2.45) is 5.73 Å². The van der Waals surface area contributed by atoms with E-state index in [1.165, 1.54) is 0 Å². The van der Waals surface area contributed by atoms with Crippen LogP contribution in [0.25, 0.3) is 0 Å². The van der Waals surface area contributed by atoms with Gasteiger partial charge in [-0.15, -0.1) is 0 Å². The third kappa shape index (κ3) is 3.77. The van der Waals surface area contributed by atoms with E-state index >= 15 is 0 Å². The summed E-state index contributed by atoms with van der Waals surface area (Å²) in [6.45, 7) is 0. The Morgan fingerprint density at radius 3 is 2.92 bits per heavy atom. The monoisotopic (exact) mass is 237 g/mol. The fourth-order valence-corrected chi connectivity index (χ4v) is 1.20. The Morgan fingerprint density at radius 1 is 1.54 bits per heavy atom. The molecule has 0 saturated carbocycles. The predicted octanol–water partition coefficient (Wildman–Crippen LogP) is 1.68. The van der Waals surface area contributed by atoms with E-state index in [0.717, 1.165) is 10.0 Å². The molecule has 0 fully saturated rings. The van der Waals surface area contributed by atoms with Crippen LogP contribution in [0.15, 0.2) is 28.7 Å². The lowest BCUT2D eigenvalue weighted by atomic mass is 10.2. The molecule has 0 aromatic heterocycles. The van der Waals surface area contributed by atoms with Crippen molar-refractivity contribution < 1.29 is 4.79 Å². The van der Waals surface area contributed by atoms with Crippen LogP contribution in [0.2, 0.25) is 0 Å². The van der Waals surface area contributed by atoms with Crippen LogP contribution in [0.1, 0.15) is 12.0 Å². The first-order valence-corrected chi connectivity index (χ1v) is 4.50. The molecule has 2 N–H and O–H groups in total. The summed E-state index contributed by atoms with van der Waals surface area (Å²) in [7, 11) is 0. The van der Waals surface area contributed by atoms with Crippen LogP contribution in [0.3, 0.4) is 0 Å². The van der Waals surface area contributed by atoms with E-state index in [-0.39, 0.29) is 6.42 Å². The number of carbonyl (C=O) groups excluding carboxylic acids is 1. The van der Waals surface area contributed by atoms with Crippen molar-refractivity contribution in [1.82, 2.24) is 0 Å². The lowest BCUT2D eigenvalue weighted by Gasteiger charge is -1.90. The summed E-state index contributed by atoms with van der Waals surface area (Å²) in [5.74, 6) is 5.12. The highest BCUT2D eigenvalue weighted by Crippen LogP contribution is 2.10. The highest BCUT2D eigenvalue weighted by molar-refractivity contribution is 9.10. The van der Waals surface area contributed by atoms with Gasteiger partial charge in [0.2, 0.25) is 5.91 Å². The molecule has 0 saturated heterocycles. The fourth-order valence-electron chi connectivity index (χ4n) is 0.800. The van der Waals surface area contributed by atoms with Gasteiger partial charge in [0.1, 0.15) is 0 Å². The Hall–Kier alpha value is -1.27. The SMILES string of the molecule is NC(=O)CC#Cc1cccc(Br)c1. The maximum atomic E-state index is 10.4. The van der Waals surface area contributed by atoms with Gasteiger partial charge in [-0.05, 0) is 18.2 Å². The molecule has 0 aliphatic rings. The van der Waals surface area contributed by atoms with Gasteiger partial charge < -0.3 is 5.73 Å². The van der Waals surface area contributed by atoms with Crippen LogP contribution in [-0.2, 0) is 4.79 Å². The highest BCUT2D eigenvalue weighted by Gasteiger charge is 1.89. The van der Waals surface area contributed by atoms with Gasteiger partial charge in [-0.25, -0.2) is 0 Å². The molecule has 1 aromatic carbocycles. The quantitative estimate of drug-likeness (QED) is 0.743. The maximum Gasteiger partial charge on any atom is 0.229 e. The van der Waals surface area contributed by atoms with Crippen LogP contribution in [0.4, 0.5) is 0 Å². The highest BCUT2D eigenvalue weighted by atomic mass is 79.9. The Labute approximate surface area is 85.3 Å². The molecule has 1 aromatic rings. The lowest BCUT2D eigenvalue weighted by molar-refractivity contribution is -0.117. The average molecular weight is 238 g/mol. The molecule has 1 amide bonds. The second-order valence-electron chi connectivity index (χ2n) is 2.46. The summed E-state index contributed by atoms with van der Waals surface area (Å²) < 4.78 is 0.971. The molecule has 0 unspecified atom stereocenters. The Balaban J connectivity index is 2.72. The van der Waals surface area contributed by atoms with Crippen molar-refractivity contribution in [1.29, 1.82) is 0 Å². The van der Waals surface area contributed by atoms with Gasteiger partial charge in [-0.1, -0.05) is 33.8 Å². The van der Waals surface area contributed by atoms with Crippen LogP contribution in [0, 0.1) is 11.8 Å². The molecule has 0 aliphatic carbocycles. The minimum atomic E-state index is -0.400. The van der Waals surface area contributed by atoms with Crippen LogP contribution in [0.5, 0.6) is 0 Å². The number of nitrogens with two attached hydrogens (primary N) is 1. The summed E-state index contributed by atoms with van der Waals surface area (Å²) in [4.78, 5) is 10.4. The van der Waals surface area contributed by atoms with Gasteiger partial charge in [-0.3, -0.25) is 4.79 Å². The molecule has 2 nitrogen and oxygen atoms in total. The zero-order valence-electron chi connectivity index (χ0n) is 6.88. The van der Waals surface area contributed by atoms with E-state index in [9.17, 15) is 4.79 Å². The maximum absolute atomic E-state index is 10.4. The number of rotatable bonds is 1. The largest absolute Gasteiger partial charge is 0.369 e. The molecule has 3 heteroatoms. The van der Waals surface area contributed by atoms with E-state index in [1.807, 2.05) is 24.3 Å².